The van der Waals surface area contributed by atoms with E-state index in [1.165, 1.54) is 0 Å². The number of allylic oxidation sites excluding steroid dienone is 1. The van der Waals surface area contributed by atoms with Gasteiger partial charge in [0.2, 0.25) is 5.91 Å². The minimum Gasteiger partial charge on any atom is -0.493 e. The van der Waals surface area contributed by atoms with E-state index in [9.17, 15) is 4.79 Å². The first-order valence-corrected chi connectivity index (χ1v) is 12.2. The molecule has 1 fully saturated rings. The van der Waals surface area contributed by atoms with Crippen molar-refractivity contribution in [2.45, 2.75) is 34.1 Å². The smallest absolute Gasteiger partial charge is 0.246 e. The van der Waals surface area contributed by atoms with Crippen LogP contribution in [0.3, 0.4) is 0 Å². The number of rotatable bonds is 7. The molecule has 4 rings (SSSR count). The van der Waals surface area contributed by atoms with Crippen LogP contribution >= 0.6 is 0 Å². The third-order valence-electron chi connectivity index (χ3n) is 6.62. The molecule has 0 bridgehead atoms. The van der Waals surface area contributed by atoms with Crippen LogP contribution in [-0.2, 0) is 4.79 Å². The van der Waals surface area contributed by atoms with Gasteiger partial charge in [-0.05, 0) is 61.4 Å². The van der Waals surface area contributed by atoms with E-state index in [1.807, 2.05) is 43.0 Å². The maximum atomic E-state index is 13.1. The highest BCUT2D eigenvalue weighted by atomic mass is 16.5. The molecule has 2 heterocycles. The maximum Gasteiger partial charge on any atom is 0.246 e. The van der Waals surface area contributed by atoms with Crippen LogP contribution in [-0.4, -0.2) is 44.7 Å². The molecular formula is C29H35NO5. The zero-order chi connectivity index (χ0) is 25.1. The highest BCUT2D eigenvalue weighted by Crippen LogP contribution is 2.40. The van der Waals surface area contributed by atoms with Crippen molar-refractivity contribution in [1.29, 1.82) is 0 Å². The van der Waals surface area contributed by atoms with Crippen molar-refractivity contribution >= 4 is 22.4 Å². The summed E-state index contributed by atoms with van der Waals surface area (Å²) >= 11 is 0. The van der Waals surface area contributed by atoms with E-state index >= 15 is 0 Å². The van der Waals surface area contributed by atoms with Crippen LogP contribution < -0.4 is 14.2 Å². The molecule has 0 radical (unpaired) electrons. The standard InChI is InChI=1S/C29H35NO5/c1-7-34-26-14-27-23(24(17-35-27)21-8-9-25(32-5)28(12-21)33-6)13-22(26)20(4)11-29(31)30-15-18(2)10-19(3)16-30/h8-9,11-14,17-19H,7,10,15-16H2,1-6H3/b20-11+. The molecule has 1 aliphatic rings. The Morgan fingerprint density at radius 1 is 1.06 bits per heavy atom. The van der Waals surface area contributed by atoms with Crippen LogP contribution in [0.5, 0.6) is 17.2 Å². The zero-order valence-electron chi connectivity index (χ0n) is 21.5. The minimum atomic E-state index is 0.0516. The second kappa shape index (κ2) is 10.5. The van der Waals surface area contributed by atoms with Crippen LogP contribution in [0.1, 0.15) is 39.7 Å². The van der Waals surface area contributed by atoms with Crippen LogP contribution in [0, 0.1) is 11.8 Å². The maximum absolute atomic E-state index is 13.1. The Morgan fingerprint density at radius 3 is 2.43 bits per heavy atom. The first-order chi connectivity index (χ1) is 16.8. The lowest BCUT2D eigenvalue weighted by atomic mass is 9.91. The summed E-state index contributed by atoms with van der Waals surface area (Å²) in [6, 6.07) is 9.76. The molecule has 6 heteroatoms. The molecule has 0 N–H and O–H groups in total. The van der Waals surface area contributed by atoms with Gasteiger partial charge in [-0.2, -0.15) is 0 Å². The van der Waals surface area contributed by atoms with Crippen molar-refractivity contribution in [3.8, 4) is 28.4 Å². The molecule has 1 amide bonds. The highest BCUT2D eigenvalue weighted by Gasteiger charge is 2.25. The third kappa shape index (κ3) is 5.16. The second-order valence-electron chi connectivity index (χ2n) is 9.51. The molecule has 1 saturated heterocycles. The molecule has 1 aromatic heterocycles. The van der Waals surface area contributed by atoms with Gasteiger partial charge in [0.1, 0.15) is 11.3 Å². The Bertz CT molecular complexity index is 1230. The van der Waals surface area contributed by atoms with Crippen molar-refractivity contribution in [3.05, 3.63) is 48.2 Å². The van der Waals surface area contributed by atoms with Crippen LogP contribution in [0.4, 0.5) is 0 Å². The van der Waals surface area contributed by atoms with Gasteiger partial charge >= 0.3 is 0 Å². The quantitative estimate of drug-likeness (QED) is 0.367. The molecule has 3 aromatic rings. The predicted octanol–water partition coefficient (Wildman–Crippen LogP) is 6.42. The molecule has 1 aliphatic heterocycles. The van der Waals surface area contributed by atoms with Gasteiger partial charge in [-0.1, -0.05) is 19.9 Å². The number of fused-ring (bicyclic) bond motifs is 1. The van der Waals surface area contributed by atoms with Crippen molar-refractivity contribution in [2.24, 2.45) is 11.8 Å². The van der Waals surface area contributed by atoms with E-state index in [0.29, 0.717) is 35.7 Å². The highest BCUT2D eigenvalue weighted by molar-refractivity contribution is 6.00. The van der Waals surface area contributed by atoms with E-state index in [2.05, 4.69) is 19.9 Å². The normalized spacial score (nSPS) is 18.6. The molecule has 6 nitrogen and oxygen atoms in total. The van der Waals surface area contributed by atoms with E-state index in [1.54, 1.807) is 26.6 Å². The van der Waals surface area contributed by atoms with Gasteiger partial charge in [0.05, 0.1) is 27.1 Å². The van der Waals surface area contributed by atoms with E-state index in [0.717, 1.165) is 52.7 Å². The van der Waals surface area contributed by atoms with E-state index in [-0.39, 0.29) is 5.91 Å². The van der Waals surface area contributed by atoms with Gasteiger partial charge in [-0.15, -0.1) is 0 Å². The number of amides is 1. The molecule has 0 saturated carbocycles. The van der Waals surface area contributed by atoms with Gasteiger partial charge in [-0.3, -0.25) is 4.79 Å². The molecule has 2 unspecified atom stereocenters. The lowest BCUT2D eigenvalue weighted by Gasteiger charge is -2.34. The van der Waals surface area contributed by atoms with Gasteiger partial charge < -0.3 is 23.5 Å². The fourth-order valence-corrected chi connectivity index (χ4v) is 5.06. The molecule has 0 spiro atoms. The lowest BCUT2D eigenvalue weighted by Crippen LogP contribution is -2.41. The van der Waals surface area contributed by atoms with E-state index < -0.39 is 0 Å². The minimum absolute atomic E-state index is 0.0516. The summed E-state index contributed by atoms with van der Waals surface area (Å²) in [6.45, 7) is 10.5. The van der Waals surface area contributed by atoms with Crippen LogP contribution in [0.25, 0.3) is 27.7 Å². The summed E-state index contributed by atoms with van der Waals surface area (Å²) in [4.78, 5) is 15.1. The van der Waals surface area contributed by atoms with Gasteiger partial charge in [0, 0.05) is 41.7 Å². The van der Waals surface area contributed by atoms with Crippen molar-refractivity contribution in [3.63, 3.8) is 0 Å². The van der Waals surface area contributed by atoms with Crippen molar-refractivity contribution in [2.75, 3.05) is 33.9 Å². The average molecular weight is 478 g/mol. The van der Waals surface area contributed by atoms with Crippen molar-refractivity contribution < 1.29 is 23.4 Å². The summed E-state index contributed by atoms with van der Waals surface area (Å²) in [6.07, 6.45) is 4.65. The molecule has 186 valence electrons. The number of benzene rings is 2. The Balaban J connectivity index is 1.75. The number of likely N-dealkylation sites (tertiary alicyclic amines) is 1. The first-order valence-electron chi connectivity index (χ1n) is 12.2. The number of piperidine rings is 1. The number of furan rings is 1. The zero-order valence-corrected chi connectivity index (χ0v) is 21.5. The van der Waals surface area contributed by atoms with Crippen LogP contribution in [0.2, 0.25) is 0 Å². The van der Waals surface area contributed by atoms with Gasteiger partial charge in [0.15, 0.2) is 11.5 Å². The molecule has 2 aromatic carbocycles. The monoisotopic (exact) mass is 477 g/mol. The average Bonchev–Trinajstić information content (AvgIpc) is 3.25. The fourth-order valence-electron chi connectivity index (χ4n) is 5.06. The first kappa shape index (κ1) is 24.7. The number of nitrogens with zero attached hydrogens (tertiary/aromatic N) is 1. The van der Waals surface area contributed by atoms with Crippen LogP contribution in [0.15, 0.2) is 47.1 Å². The molecule has 35 heavy (non-hydrogen) atoms. The topological polar surface area (TPSA) is 61.1 Å². The molecular weight excluding hydrogens is 442 g/mol. The molecule has 2 atom stereocenters. The Labute approximate surface area is 207 Å². The summed E-state index contributed by atoms with van der Waals surface area (Å²) in [5, 5.41) is 0.941. The number of methoxy groups -OCH3 is 2. The van der Waals surface area contributed by atoms with E-state index in [4.69, 9.17) is 18.6 Å². The van der Waals surface area contributed by atoms with Gasteiger partial charge in [-0.25, -0.2) is 0 Å². The Morgan fingerprint density at radius 2 is 1.77 bits per heavy atom. The summed E-state index contributed by atoms with van der Waals surface area (Å²) in [7, 11) is 3.24. The number of carbonyl (C=O) groups is 1. The fraction of sp³-hybridized carbons (Fsp3) is 0.414. The largest absolute Gasteiger partial charge is 0.493 e. The number of hydrogen-bond acceptors (Lipinski definition) is 5. The summed E-state index contributed by atoms with van der Waals surface area (Å²) in [5.74, 6) is 3.11. The number of ether oxygens (including phenoxy) is 3. The Kier molecular flexibility index (Phi) is 7.39. The van der Waals surface area contributed by atoms with Crippen molar-refractivity contribution in [1.82, 2.24) is 4.90 Å². The predicted molar refractivity (Wildman–Crippen MR) is 139 cm³/mol. The van der Waals surface area contributed by atoms with Gasteiger partial charge in [0.25, 0.3) is 0 Å². The lowest BCUT2D eigenvalue weighted by molar-refractivity contribution is -0.128. The summed E-state index contributed by atoms with van der Waals surface area (Å²) in [5.41, 5.74) is 4.35. The summed E-state index contributed by atoms with van der Waals surface area (Å²) < 4.78 is 22.7. The second-order valence-corrected chi connectivity index (χ2v) is 9.51. The number of carbonyl (C=O) groups excluding carboxylic acids is 1. The SMILES string of the molecule is CCOc1cc2occ(-c3ccc(OC)c(OC)c3)c2cc1/C(C)=C/C(=O)N1CC(C)CC(C)C1. The third-order valence-corrected chi connectivity index (χ3v) is 6.62. The number of hydrogen-bond donors (Lipinski definition) is 0. The Hall–Kier alpha value is -3.41. The molecule has 0 aliphatic carbocycles.